The van der Waals surface area contributed by atoms with Crippen molar-refractivity contribution in [1.82, 2.24) is 5.32 Å². The summed E-state index contributed by atoms with van der Waals surface area (Å²) in [4.78, 5) is 4.04. The van der Waals surface area contributed by atoms with Crippen molar-refractivity contribution in [3.63, 3.8) is 0 Å². The van der Waals surface area contributed by atoms with Crippen LogP contribution in [0.3, 0.4) is 0 Å². The molecule has 3 heteroatoms. The summed E-state index contributed by atoms with van der Waals surface area (Å²) < 4.78 is 0. The molecular formula is C9H8N2O. The number of hydrogen-bond acceptors (Lipinski definition) is 3. The minimum Gasteiger partial charge on any atom is -0.493 e. The summed E-state index contributed by atoms with van der Waals surface area (Å²) in [5.74, 6) is 0.0775. The van der Waals surface area contributed by atoms with Crippen molar-refractivity contribution < 1.29 is 5.11 Å². The van der Waals surface area contributed by atoms with Gasteiger partial charge in [0, 0.05) is 0 Å². The molecule has 1 aliphatic carbocycles. The Morgan fingerprint density at radius 2 is 2.17 bits per heavy atom. The van der Waals surface area contributed by atoms with Gasteiger partial charge < -0.3 is 10.4 Å². The fraction of sp³-hybridized carbons (Fsp3) is 0. The lowest BCUT2D eigenvalue weighted by Gasteiger charge is -2.12. The third-order valence-corrected chi connectivity index (χ3v) is 1.60. The Labute approximate surface area is 70.1 Å². The van der Waals surface area contributed by atoms with E-state index in [4.69, 9.17) is 5.11 Å². The Morgan fingerprint density at radius 1 is 1.25 bits per heavy atom. The molecule has 0 bridgehead atoms. The van der Waals surface area contributed by atoms with Gasteiger partial charge in [0.25, 0.3) is 0 Å². The predicted molar refractivity (Wildman–Crippen MR) is 47.6 cm³/mol. The number of fused-ring (bicyclic) bond motifs is 1. The quantitative estimate of drug-likeness (QED) is 0.562. The molecule has 0 aromatic heterocycles. The highest BCUT2D eigenvalue weighted by atomic mass is 16.3. The van der Waals surface area contributed by atoms with Gasteiger partial charge in [0.05, 0.1) is 17.6 Å². The molecule has 2 aliphatic rings. The highest BCUT2D eigenvalue weighted by Gasteiger charge is 2.09. The van der Waals surface area contributed by atoms with E-state index in [2.05, 4.69) is 10.3 Å². The number of hydrogen-bond donors (Lipinski definition) is 2. The van der Waals surface area contributed by atoms with Crippen LogP contribution in [0.15, 0.2) is 53.2 Å². The molecule has 60 valence electrons. The van der Waals surface area contributed by atoms with Crippen molar-refractivity contribution >= 4 is 5.71 Å². The lowest BCUT2D eigenvalue weighted by Crippen LogP contribution is -2.21. The van der Waals surface area contributed by atoms with Gasteiger partial charge in [-0.2, -0.15) is 0 Å². The van der Waals surface area contributed by atoms with Crippen LogP contribution >= 0.6 is 0 Å². The zero-order chi connectivity index (χ0) is 8.39. The zero-order valence-corrected chi connectivity index (χ0v) is 6.36. The number of aliphatic hydroxyl groups excluding tert-OH is 1. The number of rotatable bonds is 0. The Balaban J connectivity index is 2.43. The van der Waals surface area contributed by atoms with Crippen molar-refractivity contribution in [2.45, 2.75) is 0 Å². The molecule has 0 radical (unpaired) electrons. The summed E-state index contributed by atoms with van der Waals surface area (Å²) in [6.07, 6.45) is 10.8. The van der Waals surface area contributed by atoms with Gasteiger partial charge in [-0.1, -0.05) is 18.2 Å². The Kier molecular flexibility index (Phi) is 1.55. The Morgan fingerprint density at radius 3 is 3.08 bits per heavy atom. The predicted octanol–water partition coefficient (Wildman–Crippen LogP) is 1.40. The number of allylic oxidation sites excluding steroid dienone is 5. The topological polar surface area (TPSA) is 44.6 Å². The first-order valence-corrected chi connectivity index (χ1v) is 3.65. The Hall–Kier alpha value is -1.77. The van der Waals surface area contributed by atoms with Crippen molar-refractivity contribution in [2.24, 2.45) is 4.99 Å². The molecule has 0 aromatic carbocycles. The van der Waals surface area contributed by atoms with Crippen LogP contribution in [0.2, 0.25) is 0 Å². The van der Waals surface area contributed by atoms with Crippen LogP contribution in [0, 0.1) is 0 Å². The number of nitrogens with one attached hydrogen (secondary N) is 1. The van der Waals surface area contributed by atoms with E-state index < -0.39 is 0 Å². The lowest BCUT2D eigenvalue weighted by molar-refractivity contribution is 0.377. The smallest absolute Gasteiger partial charge is 0.207 e. The van der Waals surface area contributed by atoms with Crippen LogP contribution in [0.5, 0.6) is 0 Å². The molecule has 2 N–H and O–H groups in total. The van der Waals surface area contributed by atoms with Gasteiger partial charge in [0.2, 0.25) is 5.88 Å². The van der Waals surface area contributed by atoms with E-state index in [1.165, 1.54) is 6.20 Å². The maximum absolute atomic E-state index is 9.09. The first-order valence-electron chi connectivity index (χ1n) is 3.65. The molecule has 0 atom stereocenters. The third-order valence-electron chi connectivity index (χ3n) is 1.60. The fourth-order valence-corrected chi connectivity index (χ4v) is 1.06. The first-order chi connectivity index (χ1) is 5.86. The van der Waals surface area contributed by atoms with Crippen molar-refractivity contribution in [3.8, 4) is 0 Å². The molecule has 0 saturated carbocycles. The van der Waals surface area contributed by atoms with Gasteiger partial charge >= 0.3 is 0 Å². The van der Waals surface area contributed by atoms with Crippen LogP contribution in [0.1, 0.15) is 0 Å². The van der Waals surface area contributed by atoms with Gasteiger partial charge in [-0.25, -0.2) is 4.99 Å². The molecule has 0 unspecified atom stereocenters. The van der Waals surface area contributed by atoms with Crippen LogP contribution in [0.25, 0.3) is 0 Å². The summed E-state index contributed by atoms with van der Waals surface area (Å²) in [5.41, 5.74) is 1.65. The fourth-order valence-electron chi connectivity index (χ4n) is 1.06. The van der Waals surface area contributed by atoms with Crippen LogP contribution in [-0.2, 0) is 0 Å². The van der Waals surface area contributed by atoms with E-state index in [0.717, 1.165) is 11.4 Å². The van der Waals surface area contributed by atoms with E-state index in [0.29, 0.717) is 0 Å². The molecule has 0 spiro atoms. The molecule has 0 amide bonds. The molecule has 2 rings (SSSR count). The van der Waals surface area contributed by atoms with Crippen LogP contribution in [-0.4, -0.2) is 10.8 Å². The van der Waals surface area contributed by atoms with Crippen molar-refractivity contribution in [1.29, 1.82) is 0 Å². The second-order valence-corrected chi connectivity index (χ2v) is 2.48. The highest BCUT2D eigenvalue weighted by Crippen LogP contribution is 2.08. The largest absolute Gasteiger partial charge is 0.493 e. The van der Waals surface area contributed by atoms with Gasteiger partial charge in [-0.05, 0) is 12.2 Å². The second-order valence-electron chi connectivity index (χ2n) is 2.48. The van der Waals surface area contributed by atoms with Gasteiger partial charge in [0.15, 0.2) is 0 Å². The second kappa shape index (κ2) is 2.70. The van der Waals surface area contributed by atoms with E-state index in [9.17, 15) is 0 Å². The lowest BCUT2D eigenvalue weighted by atomic mass is 10.2. The highest BCUT2D eigenvalue weighted by molar-refractivity contribution is 6.09. The van der Waals surface area contributed by atoms with Crippen molar-refractivity contribution in [2.75, 3.05) is 0 Å². The summed E-state index contributed by atoms with van der Waals surface area (Å²) >= 11 is 0. The summed E-state index contributed by atoms with van der Waals surface area (Å²) in [7, 11) is 0. The Bertz CT molecular complexity index is 346. The number of aliphatic imine (C=N–C) groups is 1. The normalized spacial score (nSPS) is 19.8. The van der Waals surface area contributed by atoms with Crippen LogP contribution in [0.4, 0.5) is 0 Å². The average molecular weight is 160 g/mol. The van der Waals surface area contributed by atoms with E-state index in [1.807, 2.05) is 30.4 Å². The van der Waals surface area contributed by atoms with Crippen LogP contribution < -0.4 is 5.32 Å². The van der Waals surface area contributed by atoms with Gasteiger partial charge in [-0.3, -0.25) is 0 Å². The molecule has 1 heterocycles. The number of nitrogens with zero attached hydrogens (tertiary/aromatic N) is 1. The standard InChI is InChI=1S/C9H8N2O/c12-9-6-10-7-4-2-1-3-5-8(7)11-9/h1-6,11-12H. The zero-order valence-electron chi connectivity index (χ0n) is 6.36. The van der Waals surface area contributed by atoms with Gasteiger partial charge in [0.1, 0.15) is 0 Å². The molecule has 0 saturated heterocycles. The molecule has 12 heavy (non-hydrogen) atoms. The minimum absolute atomic E-state index is 0.0775. The van der Waals surface area contributed by atoms with E-state index in [1.54, 1.807) is 0 Å². The monoisotopic (exact) mass is 160 g/mol. The molecule has 3 nitrogen and oxygen atoms in total. The molecule has 1 aliphatic heterocycles. The summed E-state index contributed by atoms with van der Waals surface area (Å²) in [5, 5.41) is 11.9. The third kappa shape index (κ3) is 1.16. The van der Waals surface area contributed by atoms with E-state index in [-0.39, 0.29) is 5.88 Å². The maximum atomic E-state index is 9.09. The van der Waals surface area contributed by atoms with E-state index >= 15 is 0 Å². The molecule has 0 fully saturated rings. The summed E-state index contributed by atoms with van der Waals surface area (Å²) in [6, 6.07) is 0. The minimum atomic E-state index is 0.0775. The summed E-state index contributed by atoms with van der Waals surface area (Å²) in [6.45, 7) is 0. The molecule has 0 aromatic rings. The first kappa shape index (κ1) is 6.91. The average Bonchev–Trinajstić information content (AvgIpc) is 2.28. The number of aliphatic hydroxyl groups is 1. The molecular weight excluding hydrogens is 152 g/mol. The van der Waals surface area contributed by atoms with Crippen molar-refractivity contribution in [3.05, 3.63) is 48.2 Å². The van der Waals surface area contributed by atoms with Gasteiger partial charge in [-0.15, -0.1) is 0 Å². The SMILES string of the molecule is OC1=CN=C2C=CC=CC=C2N1. The maximum Gasteiger partial charge on any atom is 0.207 e.